The number of carbonyl (C=O) groups excluding carboxylic acids is 1. The molecule has 0 aliphatic heterocycles. The Kier molecular flexibility index (Phi) is 4.47. The summed E-state index contributed by atoms with van der Waals surface area (Å²) in [6, 6.07) is 6.96. The van der Waals surface area contributed by atoms with Crippen molar-refractivity contribution in [3.8, 4) is 5.69 Å². The molecule has 1 amide bonds. The van der Waals surface area contributed by atoms with E-state index in [0.717, 1.165) is 5.69 Å². The molecule has 6 heteroatoms. The average molecular weight is 273 g/mol. The summed E-state index contributed by atoms with van der Waals surface area (Å²) in [7, 11) is 0. The van der Waals surface area contributed by atoms with Crippen LogP contribution in [-0.4, -0.2) is 26.7 Å². The molecular weight excluding hydrogens is 254 g/mol. The Morgan fingerprint density at radius 2 is 2.05 bits per heavy atom. The number of nitrogens with one attached hydrogen (secondary N) is 1. The minimum atomic E-state index is -0.492. The van der Waals surface area contributed by atoms with Gasteiger partial charge in [0.1, 0.15) is 12.7 Å². The lowest BCUT2D eigenvalue weighted by atomic mass is 10.0. The van der Waals surface area contributed by atoms with E-state index in [2.05, 4.69) is 15.5 Å². The van der Waals surface area contributed by atoms with Crippen molar-refractivity contribution < 1.29 is 4.79 Å². The second-order valence-corrected chi connectivity index (χ2v) is 5.14. The number of nitrogens with two attached hydrogens (primary N) is 1. The molecule has 0 bridgehead atoms. The predicted octanol–water partition coefficient (Wildman–Crippen LogP) is 1.58. The smallest absolute Gasteiger partial charge is 0.241 e. The lowest BCUT2D eigenvalue weighted by molar-refractivity contribution is -0.117. The number of rotatable bonds is 5. The van der Waals surface area contributed by atoms with Gasteiger partial charge >= 0.3 is 0 Å². The van der Waals surface area contributed by atoms with E-state index in [4.69, 9.17) is 5.73 Å². The molecule has 0 aliphatic carbocycles. The lowest BCUT2D eigenvalue weighted by Gasteiger charge is -2.14. The highest BCUT2D eigenvalue weighted by molar-refractivity contribution is 5.94. The summed E-state index contributed by atoms with van der Waals surface area (Å²) in [5, 5.41) is 10.3. The van der Waals surface area contributed by atoms with Crippen LogP contribution in [0.25, 0.3) is 5.69 Å². The first-order valence-corrected chi connectivity index (χ1v) is 6.58. The van der Waals surface area contributed by atoms with Gasteiger partial charge in [-0.3, -0.25) is 9.36 Å². The van der Waals surface area contributed by atoms with Crippen LogP contribution in [0.15, 0.2) is 36.9 Å². The van der Waals surface area contributed by atoms with Gasteiger partial charge < -0.3 is 11.1 Å². The number of nitrogens with zero attached hydrogens (tertiary/aromatic N) is 3. The Hall–Kier alpha value is -2.21. The molecule has 0 saturated carbocycles. The summed E-state index contributed by atoms with van der Waals surface area (Å²) in [4.78, 5) is 12.0. The molecule has 0 spiro atoms. The van der Waals surface area contributed by atoms with Gasteiger partial charge in [-0.2, -0.15) is 0 Å². The predicted molar refractivity (Wildman–Crippen MR) is 77.4 cm³/mol. The van der Waals surface area contributed by atoms with Crippen molar-refractivity contribution in [2.45, 2.75) is 26.3 Å². The molecule has 0 fully saturated rings. The summed E-state index contributed by atoms with van der Waals surface area (Å²) < 4.78 is 1.77. The summed E-state index contributed by atoms with van der Waals surface area (Å²) in [5.74, 6) is 0.221. The third-order valence-corrected chi connectivity index (χ3v) is 2.89. The SMILES string of the molecule is CC(C)C[C@@H](N)C(=O)Nc1cccc(-n2cnnc2)c1. The zero-order chi connectivity index (χ0) is 14.5. The standard InChI is InChI=1S/C14H19N5O/c1-10(2)6-13(15)14(20)18-11-4-3-5-12(7-11)19-8-16-17-9-19/h3-5,7-10,13H,6,15H2,1-2H3,(H,18,20)/t13-/m1/s1. The van der Waals surface area contributed by atoms with Crippen LogP contribution in [0.1, 0.15) is 20.3 Å². The number of hydrogen-bond acceptors (Lipinski definition) is 4. The quantitative estimate of drug-likeness (QED) is 0.866. The van der Waals surface area contributed by atoms with Gasteiger partial charge in [0.25, 0.3) is 0 Å². The first-order chi connectivity index (χ1) is 9.56. The highest BCUT2D eigenvalue weighted by Gasteiger charge is 2.15. The van der Waals surface area contributed by atoms with Crippen molar-refractivity contribution in [1.29, 1.82) is 0 Å². The maximum atomic E-state index is 12.0. The van der Waals surface area contributed by atoms with Crippen LogP contribution in [-0.2, 0) is 4.79 Å². The molecule has 0 aliphatic rings. The molecule has 0 radical (unpaired) electrons. The molecule has 3 N–H and O–H groups in total. The van der Waals surface area contributed by atoms with Crippen molar-refractivity contribution in [2.24, 2.45) is 11.7 Å². The molecule has 1 heterocycles. The van der Waals surface area contributed by atoms with Gasteiger partial charge in [-0.1, -0.05) is 19.9 Å². The highest BCUT2D eigenvalue weighted by atomic mass is 16.2. The second kappa shape index (κ2) is 6.29. The molecule has 0 unspecified atom stereocenters. The topological polar surface area (TPSA) is 85.8 Å². The van der Waals surface area contributed by atoms with Crippen LogP contribution in [0.3, 0.4) is 0 Å². The number of amides is 1. The van der Waals surface area contributed by atoms with Crippen LogP contribution in [0.5, 0.6) is 0 Å². The molecular formula is C14H19N5O. The fourth-order valence-corrected chi connectivity index (χ4v) is 1.93. The van der Waals surface area contributed by atoms with Crippen LogP contribution in [0, 0.1) is 5.92 Å². The largest absolute Gasteiger partial charge is 0.325 e. The highest BCUT2D eigenvalue weighted by Crippen LogP contribution is 2.15. The van der Waals surface area contributed by atoms with Crippen LogP contribution in [0.2, 0.25) is 0 Å². The lowest BCUT2D eigenvalue weighted by Crippen LogP contribution is -2.36. The molecule has 0 saturated heterocycles. The number of carbonyl (C=O) groups is 1. The maximum absolute atomic E-state index is 12.0. The third-order valence-electron chi connectivity index (χ3n) is 2.89. The molecule has 6 nitrogen and oxygen atoms in total. The van der Waals surface area contributed by atoms with Gasteiger partial charge in [0.05, 0.1) is 11.7 Å². The molecule has 106 valence electrons. The Balaban J connectivity index is 2.07. The van der Waals surface area contributed by atoms with Crippen LogP contribution >= 0.6 is 0 Å². The van der Waals surface area contributed by atoms with E-state index in [1.165, 1.54) is 0 Å². The number of anilines is 1. The minimum Gasteiger partial charge on any atom is -0.325 e. The zero-order valence-electron chi connectivity index (χ0n) is 11.7. The van der Waals surface area contributed by atoms with Gasteiger partial charge in [-0.25, -0.2) is 0 Å². The average Bonchev–Trinajstić information content (AvgIpc) is 2.92. The van der Waals surface area contributed by atoms with Crippen LogP contribution < -0.4 is 11.1 Å². The fraction of sp³-hybridized carbons (Fsp3) is 0.357. The summed E-state index contributed by atoms with van der Waals surface area (Å²) in [6.07, 6.45) is 3.87. The van der Waals surface area contributed by atoms with E-state index in [-0.39, 0.29) is 5.91 Å². The van der Waals surface area contributed by atoms with Gasteiger partial charge in [0.2, 0.25) is 5.91 Å². The van der Waals surface area contributed by atoms with E-state index in [1.54, 1.807) is 17.2 Å². The van der Waals surface area contributed by atoms with Crippen molar-refractivity contribution in [1.82, 2.24) is 14.8 Å². The van der Waals surface area contributed by atoms with E-state index in [9.17, 15) is 4.79 Å². The Morgan fingerprint density at radius 3 is 2.70 bits per heavy atom. The van der Waals surface area contributed by atoms with Crippen molar-refractivity contribution in [3.05, 3.63) is 36.9 Å². The van der Waals surface area contributed by atoms with E-state index in [1.807, 2.05) is 38.1 Å². The molecule has 1 aromatic heterocycles. The van der Waals surface area contributed by atoms with Crippen molar-refractivity contribution >= 4 is 11.6 Å². The fourth-order valence-electron chi connectivity index (χ4n) is 1.93. The monoisotopic (exact) mass is 273 g/mol. The minimum absolute atomic E-state index is 0.167. The molecule has 1 atom stereocenters. The Labute approximate surface area is 118 Å². The molecule has 2 rings (SSSR count). The van der Waals surface area contributed by atoms with Gasteiger partial charge in [0.15, 0.2) is 0 Å². The Bertz CT molecular complexity index is 565. The first-order valence-electron chi connectivity index (χ1n) is 6.58. The van der Waals surface area contributed by atoms with Crippen LogP contribution in [0.4, 0.5) is 5.69 Å². The second-order valence-electron chi connectivity index (χ2n) is 5.14. The number of aromatic nitrogens is 3. The van der Waals surface area contributed by atoms with E-state index < -0.39 is 6.04 Å². The van der Waals surface area contributed by atoms with Gasteiger partial charge in [-0.05, 0) is 30.5 Å². The third kappa shape index (κ3) is 3.64. The summed E-state index contributed by atoms with van der Waals surface area (Å²) in [6.45, 7) is 4.08. The zero-order valence-corrected chi connectivity index (χ0v) is 11.7. The van der Waals surface area contributed by atoms with Crippen molar-refractivity contribution in [3.63, 3.8) is 0 Å². The van der Waals surface area contributed by atoms with Crippen molar-refractivity contribution in [2.75, 3.05) is 5.32 Å². The first kappa shape index (κ1) is 14.2. The summed E-state index contributed by atoms with van der Waals surface area (Å²) >= 11 is 0. The maximum Gasteiger partial charge on any atom is 0.241 e. The normalized spacial score (nSPS) is 12.4. The summed E-state index contributed by atoms with van der Waals surface area (Å²) in [5.41, 5.74) is 7.45. The van der Waals surface area contributed by atoms with Gasteiger partial charge in [0, 0.05) is 5.69 Å². The van der Waals surface area contributed by atoms with Gasteiger partial charge in [-0.15, -0.1) is 10.2 Å². The molecule has 2 aromatic rings. The number of benzene rings is 1. The molecule has 1 aromatic carbocycles. The molecule has 20 heavy (non-hydrogen) atoms. The number of hydrogen-bond donors (Lipinski definition) is 2. The Morgan fingerprint density at radius 1 is 1.35 bits per heavy atom. The van der Waals surface area contributed by atoms with E-state index in [0.29, 0.717) is 18.0 Å². The van der Waals surface area contributed by atoms with E-state index >= 15 is 0 Å².